The van der Waals surface area contributed by atoms with Crippen molar-refractivity contribution in [2.24, 2.45) is 5.41 Å². The number of benzene rings is 1. The molecule has 0 radical (unpaired) electrons. The molecule has 1 aromatic carbocycles. The zero-order valence-corrected chi connectivity index (χ0v) is 26.3. The van der Waals surface area contributed by atoms with Crippen LogP contribution in [0.1, 0.15) is 65.5 Å². The zero-order valence-electron chi connectivity index (χ0n) is 25.5. The maximum absolute atomic E-state index is 14.0. The minimum absolute atomic E-state index is 0.280. The average Bonchev–Trinajstić information content (AvgIpc) is 3.58. The Labute approximate surface area is 254 Å². The fourth-order valence-electron chi connectivity index (χ4n) is 6.03. The lowest BCUT2D eigenvalue weighted by molar-refractivity contribution is 0.0518. The summed E-state index contributed by atoms with van der Waals surface area (Å²) in [7, 11) is 0. The number of carboxylic acid groups (broad SMARTS) is 1. The monoisotopic (exact) mass is 603 g/mol. The molecule has 1 unspecified atom stereocenters. The van der Waals surface area contributed by atoms with Crippen LogP contribution in [-0.4, -0.2) is 61.0 Å². The molecule has 0 spiro atoms. The molecule has 226 valence electrons. The van der Waals surface area contributed by atoms with Crippen LogP contribution in [0.25, 0.3) is 15.7 Å². The first-order valence-corrected chi connectivity index (χ1v) is 15.1. The molecule has 1 saturated heterocycles. The Morgan fingerprint density at radius 2 is 1.95 bits per heavy atom. The number of amides is 2. The number of carbonyl (C=O) groups excluding carboxylic acids is 1. The topological polar surface area (TPSA) is 136 Å². The van der Waals surface area contributed by atoms with E-state index < -0.39 is 17.8 Å². The predicted molar refractivity (Wildman–Crippen MR) is 167 cm³/mol. The summed E-state index contributed by atoms with van der Waals surface area (Å²) in [6.45, 7) is 13.8. The quantitative estimate of drug-likeness (QED) is 0.251. The molecule has 0 saturated carbocycles. The number of thiazole rings is 1. The lowest BCUT2D eigenvalue weighted by atomic mass is 9.77. The minimum atomic E-state index is -0.967. The summed E-state index contributed by atoms with van der Waals surface area (Å²) in [5, 5.41) is 28.6. The Balaban J connectivity index is 1.73. The molecule has 1 aliphatic rings. The molecule has 4 aromatic rings. The third-order valence-electron chi connectivity index (χ3n) is 7.63. The number of hydrogen-bond acceptors (Lipinski definition) is 8. The van der Waals surface area contributed by atoms with Crippen molar-refractivity contribution in [3.8, 4) is 6.07 Å². The lowest BCUT2D eigenvalue weighted by Gasteiger charge is -2.47. The fraction of sp³-hybridized carbons (Fsp3) is 0.452. The maximum Gasteiger partial charge on any atom is 0.420 e. The van der Waals surface area contributed by atoms with Crippen molar-refractivity contribution in [2.75, 3.05) is 16.8 Å². The van der Waals surface area contributed by atoms with Crippen LogP contribution >= 0.6 is 11.3 Å². The van der Waals surface area contributed by atoms with Crippen molar-refractivity contribution in [3.63, 3.8) is 0 Å². The van der Waals surface area contributed by atoms with Crippen molar-refractivity contribution < 1.29 is 19.4 Å². The Kier molecular flexibility index (Phi) is 7.73. The Morgan fingerprint density at radius 3 is 2.60 bits per heavy atom. The van der Waals surface area contributed by atoms with Gasteiger partial charge in [-0.1, -0.05) is 20.8 Å². The first kappa shape index (κ1) is 30.1. The van der Waals surface area contributed by atoms with E-state index >= 15 is 0 Å². The van der Waals surface area contributed by atoms with Crippen molar-refractivity contribution in [3.05, 3.63) is 47.1 Å². The van der Waals surface area contributed by atoms with Crippen LogP contribution in [0, 0.1) is 23.7 Å². The molecular weight excluding hydrogens is 566 g/mol. The highest BCUT2D eigenvalue weighted by Crippen LogP contribution is 2.41. The van der Waals surface area contributed by atoms with E-state index in [-0.39, 0.29) is 17.5 Å². The molecule has 11 nitrogen and oxygen atoms in total. The van der Waals surface area contributed by atoms with E-state index in [4.69, 9.17) is 4.74 Å². The van der Waals surface area contributed by atoms with E-state index in [1.807, 2.05) is 66.7 Å². The van der Waals surface area contributed by atoms with Crippen molar-refractivity contribution in [1.82, 2.24) is 19.5 Å². The smallest absolute Gasteiger partial charge is 0.420 e. The summed E-state index contributed by atoms with van der Waals surface area (Å²) in [5.41, 5.74) is 3.97. The number of pyridine rings is 1. The fourth-order valence-corrected chi connectivity index (χ4v) is 6.74. The highest BCUT2D eigenvalue weighted by molar-refractivity contribution is 7.16. The maximum atomic E-state index is 14.0. The number of rotatable bonds is 4. The molecule has 1 fully saturated rings. The average molecular weight is 604 g/mol. The minimum Gasteiger partial charge on any atom is -0.465 e. The molecule has 2 atom stereocenters. The molecule has 3 aromatic heterocycles. The number of carbonyl (C=O) groups is 2. The number of ether oxygens (including phenoxy) is 1. The second kappa shape index (κ2) is 11.0. The van der Waals surface area contributed by atoms with E-state index in [0.717, 1.165) is 10.2 Å². The molecule has 0 aliphatic carbocycles. The van der Waals surface area contributed by atoms with E-state index in [2.05, 4.69) is 21.5 Å². The van der Waals surface area contributed by atoms with Crippen LogP contribution in [-0.2, 0) is 4.74 Å². The van der Waals surface area contributed by atoms with E-state index in [0.29, 0.717) is 53.2 Å². The molecule has 5 rings (SSSR count). The molecule has 1 aliphatic heterocycles. The van der Waals surface area contributed by atoms with Crippen LogP contribution in [0.15, 0.2) is 36.0 Å². The zero-order chi connectivity index (χ0) is 31.3. The van der Waals surface area contributed by atoms with Gasteiger partial charge < -0.3 is 20.1 Å². The highest BCUT2D eigenvalue weighted by atomic mass is 32.1. The second-order valence-corrected chi connectivity index (χ2v) is 13.8. The summed E-state index contributed by atoms with van der Waals surface area (Å²) in [4.78, 5) is 33.6. The number of hydrogen-bond donors (Lipinski definition) is 2. The van der Waals surface area contributed by atoms with Gasteiger partial charge in [-0.2, -0.15) is 10.4 Å². The van der Waals surface area contributed by atoms with Crippen LogP contribution in [0.4, 0.5) is 26.8 Å². The number of fused-ring (bicyclic) bond motifs is 2. The van der Waals surface area contributed by atoms with Gasteiger partial charge in [0.1, 0.15) is 23.1 Å². The molecule has 0 bridgehead atoms. The van der Waals surface area contributed by atoms with Crippen molar-refractivity contribution in [1.29, 1.82) is 5.26 Å². The number of piperidine rings is 1. The number of nitrogens with one attached hydrogen (secondary N) is 1. The number of likely N-dealkylation sites (tertiary alicyclic amines) is 1. The number of aromatic nitrogens is 3. The summed E-state index contributed by atoms with van der Waals surface area (Å²) >= 11 is 1.47. The van der Waals surface area contributed by atoms with E-state index in [9.17, 15) is 20.0 Å². The van der Waals surface area contributed by atoms with Gasteiger partial charge in [-0.05, 0) is 70.2 Å². The largest absolute Gasteiger partial charge is 0.465 e. The second-order valence-electron chi connectivity index (χ2n) is 12.9. The first-order valence-electron chi connectivity index (χ1n) is 14.2. The van der Waals surface area contributed by atoms with Gasteiger partial charge in [0, 0.05) is 18.2 Å². The normalized spacial score (nSPS) is 17.6. The molecule has 2 N–H and O–H groups in total. The van der Waals surface area contributed by atoms with Crippen LogP contribution in [0.3, 0.4) is 0 Å². The van der Waals surface area contributed by atoms with Crippen LogP contribution in [0.5, 0.6) is 0 Å². The van der Waals surface area contributed by atoms with Gasteiger partial charge >= 0.3 is 12.2 Å². The third kappa shape index (κ3) is 5.69. The van der Waals surface area contributed by atoms with Crippen LogP contribution < -0.4 is 10.2 Å². The van der Waals surface area contributed by atoms with Crippen molar-refractivity contribution >= 4 is 56.4 Å². The predicted octanol–water partition coefficient (Wildman–Crippen LogP) is 7.17. The standard InChI is InChI=1S/C31H37N7O4S/c1-18-25(35-22-9-8-14-36(28(39)40)26(22)30(2,3)4)20(16-32)23-12-13-34-38(23)27(18)37(29(41)42-31(5,6)7)19-10-11-21-24(15-19)43-17-33-21/h10-13,15,17,22,26,35H,8-9,14H2,1-7H3,(H,39,40)/t22-,26?/m0/s1. The molecule has 2 amide bonds. The summed E-state index contributed by atoms with van der Waals surface area (Å²) in [6, 6.07) is 8.99. The first-order chi connectivity index (χ1) is 20.2. The van der Waals surface area contributed by atoms with Gasteiger partial charge in [0.25, 0.3) is 0 Å². The summed E-state index contributed by atoms with van der Waals surface area (Å²) in [5.74, 6) is 0.415. The van der Waals surface area contributed by atoms with E-state index in [1.165, 1.54) is 21.1 Å². The van der Waals surface area contributed by atoms with Gasteiger partial charge in [-0.25, -0.2) is 24.0 Å². The van der Waals surface area contributed by atoms with E-state index in [1.54, 1.807) is 22.3 Å². The van der Waals surface area contributed by atoms with Gasteiger partial charge in [0.2, 0.25) is 0 Å². The lowest BCUT2D eigenvalue weighted by Crippen LogP contribution is -2.58. The number of nitrogens with zero attached hydrogens (tertiary/aromatic N) is 6. The van der Waals surface area contributed by atoms with Crippen LogP contribution in [0.2, 0.25) is 0 Å². The third-order valence-corrected chi connectivity index (χ3v) is 8.42. The Hall–Kier alpha value is -4.37. The Morgan fingerprint density at radius 1 is 1.21 bits per heavy atom. The van der Waals surface area contributed by atoms with Crippen molar-refractivity contribution in [2.45, 2.75) is 79.0 Å². The summed E-state index contributed by atoms with van der Waals surface area (Å²) in [6.07, 6.45) is 1.42. The highest BCUT2D eigenvalue weighted by Gasteiger charge is 2.42. The molecule has 12 heteroatoms. The molecular formula is C31H37N7O4S. The Bertz CT molecular complexity index is 1740. The van der Waals surface area contributed by atoms with Gasteiger partial charge in [0.15, 0.2) is 0 Å². The molecule has 4 heterocycles. The SMILES string of the molecule is Cc1c(N[C@H]2CCCN(C(=O)O)C2C(C)(C)C)c(C#N)c2ccnn2c1N(C(=O)OC(C)(C)C)c1ccc2ncsc2c1. The molecule has 43 heavy (non-hydrogen) atoms. The number of anilines is 3. The number of nitriles is 1. The summed E-state index contributed by atoms with van der Waals surface area (Å²) < 4.78 is 8.40. The van der Waals surface area contributed by atoms with Gasteiger partial charge in [-0.15, -0.1) is 11.3 Å². The van der Waals surface area contributed by atoms with Gasteiger partial charge in [0.05, 0.1) is 44.9 Å². The van der Waals surface area contributed by atoms with Gasteiger partial charge in [-0.3, -0.25) is 0 Å².